The Morgan fingerprint density at radius 1 is 1.16 bits per heavy atom. The molecule has 0 unspecified atom stereocenters. The van der Waals surface area contributed by atoms with Gasteiger partial charge in [-0.1, -0.05) is 17.4 Å². The summed E-state index contributed by atoms with van der Waals surface area (Å²) in [5.41, 5.74) is 3.44. The van der Waals surface area contributed by atoms with E-state index in [1.807, 2.05) is 56.0 Å². The zero-order valence-electron chi connectivity index (χ0n) is 21.4. The third-order valence-corrected chi connectivity index (χ3v) is 7.80. The summed E-state index contributed by atoms with van der Waals surface area (Å²) in [7, 11) is 0. The highest BCUT2D eigenvalue weighted by Gasteiger charge is 2.42. The van der Waals surface area contributed by atoms with Gasteiger partial charge in [0.25, 0.3) is 0 Å². The number of fused-ring (bicyclic) bond motifs is 1. The number of nitrogens with one attached hydrogen (secondary N) is 2. The van der Waals surface area contributed by atoms with E-state index in [0.717, 1.165) is 39.0 Å². The maximum atomic E-state index is 12.1. The molecular formula is C27H29N7O3S. The lowest BCUT2D eigenvalue weighted by molar-refractivity contribution is -0.144. The van der Waals surface area contributed by atoms with E-state index in [2.05, 4.69) is 30.6 Å². The number of aliphatic carboxylic acids is 1. The van der Waals surface area contributed by atoms with Crippen LogP contribution in [0.25, 0.3) is 32.6 Å². The van der Waals surface area contributed by atoms with Gasteiger partial charge in [-0.2, -0.15) is 0 Å². The van der Waals surface area contributed by atoms with Gasteiger partial charge in [-0.3, -0.25) is 20.0 Å². The monoisotopic (exact) mass is 531 g/mol. The molecule has 1 saturated heterocycles. The fourth-order valence-corrected chi connectivity index (χ4v) is 5.84. The first-order chi connectivity index (χ1) is 18.3. The standard InChI is InChI=1S/C27H29N7O3S/c1-4-28-25(37)33-26-32-20-13-16(12-18(22(20)38-26)19-8-5-6-10-29-19)17-14-30-24(31-15-17)27(2,3)34-11-7-9-21(34)23(35)36/h5-6,8,10,12-15,21H,4,7,9,11H2,1-3H3,(H,35,36)(H2,28,32,33,37)/t21-/m0/s1. The van der Waals surface area contributed by atoms with Crippen molar-refractivity contribution in [2.75, 3.05) is 18.4 Å². The summed E-state index contributed by atoms with van der Waals surface area (Å²) >= 11 is 1.39. The van der Waals surface area contributed by atoms with Crippen LogP contribution in [0, 0.1) is 0 Å². The smallest absolute Gasteiger partial charge is 0.321 e. The molecule has 1 atom stereocenters. The molecule has 1 aliphatic rings. The van der Waals surface area contributed by atoms with Crippen LogP contribution in [-0.4, -0.2) is 61.1 Å². The fraction of sp³-hybridized carbons (Fsp3) is 0.333. The number of carbonyl (C=O) groups is 2. The molecule has 196 valence electrons. The van der Waals surface area contributed by atoms with Crippen LogP contribution in [0.1, 0.15) is 39.4 Å². The van der Waals surface area contributed by atoms with Crippen molar-refractivity contribution in [1.29, 1.82) is 0 Å². The van der Waals surface area contributed by atoms with Crippen molar-refractivity contribution in [1.82, 2.24) is 30.2 Å². The van der Waals surface area contributed by atoms with Gasteiger partial charge >= 0.3 is 12.0 Å². The van der Waals surface area contributed by atoms with Crippen LogP contribution in [0.3, 0.4) is 0 Å². The number of carbonyl (C=O) groups excluding carboxylic acids is 1. The maximum Gasteiger partial charge on any atom is 0.321 e. The molecule has 0 spiro atoms. The number of pyridine rings is 1. The highest BCUT2D eigenvalue weighted by atomic mass is 32.1. The summed E-state index contributed by atoms with van der Waals surface area (Å²) in [4.78, 5) is 44.3. The van der Waals surface area contributed by atoms with Crippen molar-refractivity contribution in [3.8, 4) is 22.4 Å². The van der Waals surface area contributed by atoms with E-state index in [1.165, 1.54) is 11.3 Å². The zero-order chi connectivity index (χ0) is 26.9. The third-order valence-electron chi connectivity index (χ3n) is 6.78. The Labute approximate surface area is 224 Å². The molecule has 0 radical (unpaired) electrons. The number of anilines is 1. The van der Waals surface area contributed by atoms with Crippen LogP contribution >= 0.6 is 11.3 Å². The summed E-state index contributed by atoms with van der Waals surface area (Å²) in [5, 5.41) is 15.7. The summed E-state index contributed by atoms with van der Waals surface area (Å²) < 4.78 is 0.909. The number of carboxylic acid groups (broad SMARTS) is 1. The van der Waals surface area contributed by atoms with Crippen molar-refractivity contribution in [2.45, 2.75) is 45.2 Å². The van der Waals surface area contributed by atoms with Gasteiger partial charge in [0.15, 0.2) is 5.13 Å². The van der Waals surface area contributed by atoms with Gasteiger partial charge in [0.1, 0.15) is 11.9 Å². The number of nitrogens with zero attached hydrogens (tertiary/aromatic N) is 5. The fourth-order valence-electron chi connectivity index (χ4n) is 4.88. The Morgan fingerprint density at radius 2 is 1.95 bits per heavy atom. The lowest BCUT2D eigenvalue weighted by atomic mass is 9.99. The Hall–Kier alpha value is -3.96. The first-order valence-electron chi connectivity index (χ1n) is 12.5. The predicted molar refractivity (Wildman–Crippen MR) is 147 cm³/mol. The van der Waals surface area contributed by atoms with Gasteiger partial charge in [-0.25, -0.2) is 19.7 Å². The van der Waals surface area contributed by atoms with Crippen molar-refractivity contribution in [2.24, 2.45) is 0 Å². The molecule has 3 aromatic heterocycles. The van der Waals surface area contributed by atoms with E-state index in [9.17, 15) is 14.7 Å². The second-order valence-electron chi connectivity index (χ2n) is 9.63. The Bertz CT molecular complexity index is 1470. The Morgan fingerprint density at radius 3 is 2.63 bits per heavy atom. The average Bonchev–Trinajstić information content (AvgIpc) is 3.56. The first-order valence-corrected chi connectivity index (χ1v) is 13.3. The lowest BCUT2D eigenvalue weighted by Gasteiger charge is -2.36. The van der Waals surface area contributed by atoms with E-state index in [1.54, 1.807) is 18.6 Å². The first kappa shape index (κ1) is 25.7. The number of aromatic nitrogens is 4. The number of benzene rings is 1. The Balaban J connectivity index is 1.52. The zero-order valence-corrected chi connectivity index (χ0v) is 22.2. The molecule has 1 fully saturated rings. The van der Waals surface area contributed by atoms with Crippen LogP contribution < -0.4 is 10.6 Å². The largest absolute Gasteiger partial charge is 0.480 e. The number of urea groups is 1. The van der Waals surface area contributed by atoms with E-state index < -0.39 is 17.6 Å². The van der Waals surface area contributed by atoms with Gasteiger partial charge in [-0.15, -0.1) is 0 Å². The SMILES string of the molecule is CCNC(=O)Nc1nc2cc(-c3cnc(C(C)(C)N4CCC[C@H]4C(=O)O)nc3)cc(-c3ccccn3)c2s1. The van der Waals surface area contributed by atoms with Crippen LogP contribution in [-0.2, 0) is 10.3 Å². The van der Waals surface area contributed by atoms with E-state index in [-0.39, 0.29) is 6.03 Å². The van der Waals surface area contributed by atoms with Gasteiger partial charge < -0.3 is 10.4 Å². The summed E-state index contributed by atoms with van der Waals surface area (Å²) in [6.45, 7) is 6.99. The number of carboxylic acids is 1. The van der Waals surface area contributed by atoms with Gasteiger partial charge in [-0.05, 0) is 63.4 Å². The molecule has 0 bridgehead atoms. The summed E-state index contributed by atoms with van der Waals surface area (Å²) in [6, 6.07) is 8.87. The van der Waals surface area contributed by atoms with E-state index in [4.69, 9.17) is 0 Å². The van der Waals surface area contributed by atoms with E-state index in [0.29, 0.717) is 30.5 Å². The number of likely N-dealkylation sites (tertiary alicyclic amines) is 1. The van der Waals surface area contributed by atoms with Crippen LogP contribution in [0.4, 0.5) is 9.93 Å². The summed E-state index contributed by atoms with van der Waals surface area (Å²) in [5.74, 6) is -0.241. The van der Waals surface area contributed by atoms with Crippen molar-refractivity contribution in [3.63, 3.8) is 0 Å². The highest BCUT2D eigenvalue weighted by molar-refractivity contribution is 7.22. The third kappa shape index (κ3) is 4.94. The molecule has 3 N–H and O–H groups in total. The van der Waals surface area contributed by atoms with Gasteiger partial charge in [0.05, 0.1) is 21.4 Å². The molecule has 4 aromatic rings. The van der Waals surface area contributed by atoms with Crippen molar-refractivity contribution in [3.05, 3.63) is 54.7 Å². The van der Waals surface area contributed by atoms with E-state index >= 15 is 0 Å². The highest BCUT2D eigenvalue weighted by Crippen LogP contribution is 2.38. The lowest BCUT2D eigenvalue weighted by Crippen LogP contribution is -2.48. The molecule has 0 aliphatic carbocycles. The second-order valence-corrected chi connectivity index (χ2v) is 10.6. The molecule has 38 heavy (non-hydrogen) atoms. The van der Waals surface area contributed by atoms with Crippen LogP contribution in [0.15, 0.2) is 48.9 Å². The molecule has 0 saturated carbocycles. The summed E-state index contributed by atoms with van der Waals surface area (Å²) in [6.07, 6.45) is 6.72. The molecule has 5 rings (SSSR count). The van der Waals surface area contributed by atoms with Crippen molar-refractivity contribution >= 4 is 38.7 Å². The molecule has 4 heterocycles. The van der Waals surface area contributed by atoms with Crippen LogP contribution in [0.5, 0.6) is 0 Å². The van der Waals surface area contributed by atoms with Gasteiger partial charge in [0.2, 0.25) is 0 Å². The minimum atomic E-state index is -0.813. The minimum Gasteiger partial charge on any atom is -0.480 e. The number of hydrogen-bond donors (Lipinski definition) is 3. The number of thiazole rings is 1. The molecule has 10 nitrogen and oxygen atoms in total. The molecular weight excluding hydrogens is 502 g/mol. The maximum absolute atomic E-state index is 12.1. The molecule has 2 amide bonds. The Kier molecular flexibility index (Phi) is 7.04. The predicted octanol–water partition coefficient (Wildman–Crippen LogP) is 4.74. The number of hydrogen-bond acceptors (Lipinski definition) is 8. The van der Waals surface area contributed by atoms with Crippen LogP contribution in [0.2, 0.25) is 0 Å². The normalized spacial score (nSPS) is 16.0. The van der Waals surface area contributed by atoms with Gasteiger partial charge in [0, 0.05) is 42.8 Å². The number of amides is 2. The number of rotatable bonds is 7. The molecule has 11 heteroatoms. The molecule has 1 aromatic carbocycles. The topological polar surface area (TPSA) is 133 Å². The molecule has 1 aliphatic heterocycles. The average molecular weight is 532 g/mol. The van der Waals surface area contributed by atoms with Crippen molar-refractivity contribution < 1.29 is 14.7 Å². The second kappa shape index (κ2) is 10.4. The minimum absolute atomic E-state index is 0.305. The quantitative estimate of drug-likeness (QED) is 0.311.